The monoisotopic (exact) mass is 347 g/mol. The zero-order valence-corrected chi connectivity index (χ0v) is 16.2. The van der Waals surface area contributed by atoms with Gasteiger partial charge in [0.05, 0.1) is 5.69 Å². The molecule has 0 spiro atoms. The van der Waals surface area contributed by atoms with Crippen molar-refractivity contribution in [3.05, 3.63) is 69.6 Å². The van der Waals surface area contributed by atoms with Gasteiger partial charge in [-0.1, -0.05) is 66.2 Å². The normalized spacial score (nSPS) is 17.2. The first-order valence-corrected chi connectivity index (χ1v) is 10.1. The van der Waals surface area contributed by atoms with Gasteiger partial charge in [0.1, 0.15) is 0 Å². The van der Waals surface area contributed by atoms with Crippen LogP contribution in [0, 0.1) is 19.7 Å². The van der Waals surface area contributed by atoms with Crippen LogP contribution in [-0.4, -0.2) is 0 Å². The van der Waals surface area contributed by atoms with Crippen LogP contribution < -0.4 is 4.90 Å². The minimum absolute atomic E-state index is 1.04. The lowest BCUT2D eigenvalue weighted by atomic mass is 9.94. The van der Waals surface area contributed by atoms with E-state index < -0.39 is 0 Å². The lowest BCUT2D eigenvalue weighted by Gasteiger charge is -2.28. The van der Waals surface area contributed by atoms with Crippen LogP contribution in [0.4, 0.5) is 5.69 Å². The number of rotatable bonds is 3. The maximum absolute atomic E-state index is 3.60. The van der Waals surface area contributed by atoms with Gasteiger partial charge in [0.2, 0.25) is 0 Å². The van der Waals surface area contributed by atoms with E-state index in [2.05, 4.69) is 67.9 Å². The molecule has 2 radical (unpaired) electrons. The molecule has 128 valence electrons. The summed E-state index contributed by atoms with van der Waals surface area (Å²) in [6.07, 6.45) is 6.06. The number of benzene rings is 2. The standard InChI is InChI=1S/C23H25NS/c1-4-18-8-7-9-20(19-13-16(2)12-17(3)14-19)23(18)24-15-25-22-11-6-5-10-21(22)24/h7-9,12-14H,4-6,10-11H2,1-3H3. The Morgan fingerprint density at radius 1 is 1.04 bits per heavy atom. The van der Waals surface area contributed by atoms with E-state index in [1.165, 1.54) is 69.8 Å². The molecule has 0 atom stereocenters. The fourth-order valence-electron chi connectivity index (χ4n) is 4.05. The van der Waals surface area contributed by atoms with Gasteiger partial charge in [-0.15, -0.1) is 0 Å². The topological polar surface area (TPSA) is 3.24 Å². The second kappa shape index (κ2) is 6.92. The van der Waals surface area contributed by atoms with Crippen molar-refractivity contribution in [1.82, 2.24) is 0 Å². The van der Waals surface area contributed by atoms with Gasteiger partial charge in [0.15, 0.2) is 5.88 Å². The van der Waals surface area contributed by atoms with E-state index in [0.29, 0.717) is 0 Å². The first-order chi connectivity index (χ1) is 12.2. The predicted octanol–water partition coefficient (Wildman–Crippen LogP) is 6.87. The molecule has 0 amide bonds. The zero-order chi connectivity index (χ0) is 17.4. The summed E-state index contributed by atoms with van der Waals surface area (Å²) >= 11 is 1.81. The van der Waals surface area contributed by atoms with E-state index in [9.17, 15) is 0 Å². The summed E-state index contributed by atoms with van der Waals surface area (Å²) < 4.78 is 0. The van der Waals surface area contributed by atoms with E-state index in [0.717, 1.165) is 6.42 Å². The average molecular weight is 348 g/mol. The molecule has 1 heterocycles. The van der Waals surface area contributed by atoms with Gasteiger partial charge < -0.3 is 4.90 Å². The van der Waals surface area contributed by atoms with Crippen LogP contribution in [0.2, 0.25) is 0 Å². The number of hydrogen-bond acceptors (Lipinski definition) is 2. The smallest absolute Gasteiger partial charge is 0.169 e. The molecule has 0 bridgehead atoms. The molecule has 0 saturated heterocycles. The molecule has 0 fully saturated rings. The van der Waals surface area contributed by atoms with E-state index in [1.807, 2.05) is 11.8 Å². The van der Waals surface area contributed by atoms with Crippen LogP contribution in [0.25, 0.3) is 11.1 Å². The first kappa shape index (κ1) is 16.8. The van der Waals surface area contributed by atoms with Gasteiger partial charge in [0, 0.05) is 16.2 Å². The highest BCUT2D eigenvalue weighted by Crippen LogP contribution is 2.49. The number of thioether (sulfide) groups is 1. The molecular formula is C23H25NS. The summed E-state index contributed by atoms with van der Waals surface area (Å²) in [6, 6.07) is 13.6. The van der Waals surface area contributed by atoms with Gasteiger partial charge in [0.25, 0.3) is 0 Å². The van der Waals surface area contributed by atoms with Crippen LogP contribution in [0.5, 0.6) is 0 Å². The molecule has 0 N–H and O–H groups in total. The van der Waals surface area contributed by atoms with Gasteiger partial charge in [-0.3, -0.25) is 0 Å². The molecule has 2 heteroatoms. The summed E-state index contributed by atoms with van der Waals surface area (Å²) in [7, 11) is 0. The highest BCUT2D eigenvalue weighted by molar-refractivity contribution is 8.05. The maximum atomic E-state index is 3.60. The van der Waals surface area contributed by atoms with Crippen LogP contribution in [0.15, 0.2) is 47.0 Å². The molecule has 0 saturated carbocycles. The Bertz CT molecular complexity index is 814. The van der Waals surface area contributed by atoms with E-state index >= 15 is 0 Å². The van der Waals surface area contributed by atoms with Crippen molar-refractivity contribution in [1.29, 1.82) is 0 Å². The number of allylic oxidation sites excluding steroid dienone is 2. The minimum atomic E-state index is 1.04. The molecule has 25 heavy (non-hydrogen) atoms. The molecule has 0 aromatic heterocycles. The fraction of sp³-hybridized carbons (Fsp3) is 0.348. The Balaban J connectivity index is 1.88. The maximum Gasteiger partial charge on any atom is 0.169 e. The van der Waals surface area contributed by atoms with Gasteiger partial charge in [-0.2, -0.15) is 0 Å². The van der Waals surface area contributed by atoms with E-state index in [1.54, 1.807) is 0 Å². The van der Waals surface area contributed by atoms with Gasteiger partial charge in [-0.05, 0) is 57.1 Å². The lowest BCUT2D eigenvalue weighted by Crippen LogP contribution is -2.18. The Hall–Kier alpha value is -1.67. The molecule has 4 rings (SSSR count). The van der Waals surface area contributed by atoms with E-state index in [4.69, 9.17) is 0 Å². The second-order valence-electron chi connectivity index (χ2n) is 7.15. The summed E-state index contributed by atoms with van der Waals surface area (Å²) in [5.41, 5.74) is 9.53. The Morgan fingerprint density at radius 2 is 1.80 bits per heavy atom. The molecule has 1 aliphatic carbocycles. The summed E-state index contributed by atoms with van der Waals surface area (Å²) in [5, 5.41) is 0. The van der Waals surface area contributed by atoms with Crippen molar-refractivity contribution < 1.29 is 0 Å². The highest BCUT2D eigenvalue weighted by atomic mass is 32.2. The summed E-state index contributed by atoms with van der Waals surface area (Å²) in [5.74, 6) is 3.60. The van der Waals surface area contributed by atoms with Crippen LogP contribution in [0.1, 0.15) is 49.3 Å². The van der Waals surface area contributed by atoms with E-state index in [-0.39, 0.29) is 0 Å². The third-order valence-electron chi connectivity index (χ3n) is 5.18. The number of anilines is 1. The molecule has 0 unspecified atom stereocenters. The Morgan fingerprint density at radius 3 is 2.56 bits per heavy atom. The van der Waals surface area contributed by atoms with Crippen molar-refractivity contribution in [2.24, 2.45) is 0 Å². The number of hydrogen-bond donors (Lipinski definition) is 0. The Labute approximate surface area is 156 Å². The zero-order valence-electron chi connectivity index (χ0n) is 15.4. The van der Waals surface area contributed by atoms with Gasteiger partial charge in [-0.25, -0.2) is 0 Å². The predicted molar refractivity (Wildman–Crippen MR) is 110 cm³/mol. The molecule has 2 aromatic rings. The summed E-state index contributed by atoms with van der Waals surface area (Å²) in [4.78, 5) is 3.91. The quantitative estimate of drug-likeness (QED) is 0.596. The first-order valence-electron chi connectivity index (χ1n) is 9.32. The summed E-state index contributed by atoms with van der Waals surface area (Å²) in [6.45, 7) is 6.63. The third kappa shape index (κ3) is 3.13. The van der Waals surface area contributed by atoms with Crippen molar-refractivity contribution in [3.63, 3.8) is 0 Å². The van der Waals surface area contributed by atoms with Crippen LogP contribution in [-0.2, 0) is 6.42 Å². The van der Waals surface area contributed by atoms with Crippen molar-refractivity contribution in [3.8, 4) is 11.1 Å². The van der Waals surface area contributed by atoms with Gasteiger partial charge >= 0.3 is 0 Å². The lowest BCUT2D eigenvalue weighted by molar-refractivity contribution is 0.686. The number of aryl methyl sites for hydroxylation is 3. The van der Waals surface area contributed by atoms with Crippen LogP contribution >= 0.6 is 11.8 Å². The largest absolute Gasteiger partial charge is 0.322 e. The number of para-hydroxylation sites is 1. The Kier molecular flexibility index (Phi) is 4.64. The van der Waals surface area contributed by atoms with Crippen molar-refractivity contribution in [2.75, 3.05) is 4.90 Å². The molecule has 2 aromatic carbocycles. The second-order valence-corrected chi connectivity index (χ2v) is 8.03. The number of nitrogens with zero attached hydrogens (tertiary/aromatic N) is 1. The fourth-order valence-corrected chi connectivity index (χ4v) is 5.01. The molecule has 1 aliphatic heterocycles. The molecule has 2 aliphatic rings. The molecule has 1 nitrogen and oxygen atoms in total. The molecular weight excluding hydrogens is 322 g/mol. The van der Waals surface area contributed by atoms with Crippen molar-refractivity contribution in [2.45, 2.75) is 52.9 Å². The minimum Gasteiger partial charge on any atom is -0.322 e. The average Bonchev–Trinajstić information content (AvgIpc) is 3.04. The highest BCUT2D eigenvalue weighted by Gasteiger charge is 2.30. The third-order valence-corrected chi connectivity index (χ3v) is 6.14. The van der Waals surface area contributed by atoms with Crippen LogP contribution in [0.3, 0.4) is 0 Å². The SMILES string of the molecule is CCc1cccc(-c2cc(C)cc(C)c2)c1N1[C]SC2=C1CCCC2. The van der Waals surface area contributed by atoms with Crippen molar-refractivity contribution >= 4 is 17.4 Å².